The molecule has 2 N–H and O–H groups in total. The maximum atomic E-state index is 12.3. The monoisotopic (exact) mass is 416 g/mol. The predicted molar refractivity (Wildman–Crippen MR) is 113 cm³/mol. The summed E-state index contributed by atoms with van der Waals surface area (Å²) in [6.07, 6.45) is -0.833. The summed E-state index contributed by atoms with van der Waals surface area (Å²) in [6.45, 7) is 3.28. The molecule has 0 bridgehead atoms. The molecule has 1 amide bonds. The Kier molecular flexibility index (Phi) is 6.07. The summed E-state index contributed by atoms with van der Waals surface area (Å²) >= 11 is 11.9. The minimum Gasteiger partial charge on any atom is -0.507 e. The first kappa shape index (κ1) is 20.0. The van der Waals surface area contributed by atoms with E-state index in [1.54, 1.807) is 32.0 Å². The first-order chi connectivity index (χ1) is 13.4. The second kappa shape index (κ2) is 8.50. The highest BCUT2D eigenvalue weighted by molar-refractivity contribution is 6.35. The van der Waals surface area contributed by atoms with Gasteiger partial charge in [-0.05, 0) is 43.5 Å². The number of fused-ring (bicyclic) bond motifs is 1. The van der Waals surface area contributed by atoms with Crippen LogP contribution in [0.15, 0.2) is 59.7 Å². The number of hydrazone groups is 1. The third-order valence-corrected chi connectivity index (χ3v) is 4.72. The molecule has 3 aromatic rings. The van der Waals surface area contributed by atoms with E-state index in [0.717, 1.165) is 10.8 Å². The molecule has 0 fully saturated rings. The van der Waals surface area contributed by atoms with Gasteiger partial charge in [-0.1, -0.05) is 53.5 Å². The summed E-state index contributed by atoms with van der Waals surface area (Å²) in [4.78, 5) is 12.3. The molecule has 0 saturated carbocycles. The Morgan fingerprint density at radius 2 is 1.89 bits per heavy atom. The minimum atomic E-state index is -0.833. The van der Waals surface area contributed by atoms with E-state index in [1.807, 2.05) is 30.3 Å². The summed E-state index contributed by atoms with van der Waals surface area (Å²) in [6, 6.07) is 15.9. The molecule has 0 heterocycles. The number of phenolic OH excluding ortho intramolecular Hbond substituents is 1. The van der Waals surface area contributed by atoms with Crippen LogP contribution >= 0.6 is 23.2 Å². The Labute approximate surface area is 172 Å². The highest BCUT2D eigenvalue weighted by Gasteiger charge is 2.16. The normalized spacial score (nSPS) is 12.6. The molecule has 0 saturated heterocycles. The van der Waals surface area contributed by atoms with Crippen LogP contribution in [0, 0.1) is 0 Å². The van der Waals surface area contributed by atoms with Gasteiger partial charge < -0.3 is 9.84 Å². The summed E-state index contributed by atoms with van der Waals surface area (Å²) < 4.78 is 5.56. The Bertz CT molecular complexity index is 1070. The molecule has 0 spiro atoms. The van der Waals surface area contributed by atoms with Gasteiger partial charge in [0.05, 0.1) is 10.7 Å². The molecule has 0 unspecified atom stereocenters. The van der Waals surface area contributed by atoms with Crippen LogP contribution < -0.4 is 10.2 Å². The number of carbonyl (C=O) groups is 1. The molecule has 0 aliphatic rings. The van der Waals surface area contributed by atoms with Gasteiger partial charge in [-0.25, -0.2) is 5.43 Å². The van der Waals surface area contributed by atoms with E-state index in [2.05, 4.69) is 10.5 Å². The molecule has 3 rings (SSSR count). The third kappa shape index (κ3) is 4.38. The molecule has 0 aliphatic heterocycles. The van der Waals surface area contributed by atoms with Gasteiger partial charge in [0.2, 0.25) is 0 Å². The van der Waals surface area contributed by atoms with Crippen LogP contribution in [0.4, 0.5) is 0 Å². The number of amides is 1. The number of benzene rings is 3. The van der Waals surface area contributed by atoms with Crippen LogP contribution in [0.25, 0.3) is 10.8 Å². The van der Waals surface area contributed by atoms with Gasteiger partial charge in [0.25, 0.3) is 5.91 Å². The van der Waals surface area contributed by atoms with Crippen LogP contribution in [0.3, 0.4) is 0 Å². The van der Waals surface area contributed by atoms with Crippen LogP contribution in [-0.4, -0.2) is 22.8 Å². The number of hydrogen-bond acceptors (Lipinski definition) is 4. The maximum absolute atomic E-state index is 12.3. The fourth-order valence-electron chi connectivity index (χ4n) is 2.65. The number of rotatable bonds is 5. The zero-order valence-corrected chi connectivity index (χ0v) is 16.8. The van der Waals surface area contributed by atoms with Crippen molar-refractivity contribution in [3.05, 3.63) is 70.2 Å². The molecule has 28 heavy (non-hydrogen) atoms. The Hall–Kier alpha value is -2.76. The number of aromatic hydroxyl groups is 1. The molecule has 0 aliphatic carbocycles. The molecule has 144 valence electrons. The number of nitrogens with one attached hydrogen (secondary N) is 1. The number of hydrogen-bond donors (Lipinski definition) is 2. The first-order valence-electron chi connectivity index (χ1n) is 8.53. The largest absolute Gasteiger partial charge is 0.507 e. The molecule has 0 aromatic heterocycles. The van der Waals surface area contributed by atoms with Crippen molar-refractivity contribution >= 4 is 45.6 Å². The summed E-state index contributed by atoms with van der Waals surface area (Å²) in [5.74, 6) is 0.0121. The van der Waals surface area contributed by atoms with Crippen molar-refractivity contribution < 1.29 is 14.6 Å². The molecule has 1 atom stereocenters. The topological polar surface area (TPSA) is 70.9 Å². The summed E-state index contributed by atoms with van der Waals surface area (Å²) in [7, 11) is 0. The van der Waals surface area contributed by atoms with Crippen LogP contribution in [0.5, 0.6) is 11.5 Å². The second-order valence-electron chi connectivity index (χ2n) is 6.19. The van der Waals surface area contributed by atoms with Gasteiger partial charge in [0.15, 0.2) is 6.10 Å². The van der Waals surface area contributed by atoms with Gasteiger partial charge in [-0.15, -0.1) is 0 Å². The van der Waals surface area contributed by atoms with Crippen LogP contribution in [0.2, 0.25) is 10.0 Å². The average molecular weight is 417 g/mol. The minimum absolute atomic E-state index is 0.117. The van der Waals surface area contributed by atoms with Crippen molar-refractivity contribution in [2.45, 2.75) is 20.0 Å². The summed E-state index contributed by atoms with van der Waals surface area (Å²) in [5, 5.41) is 17.0. The zero-order chi connectivity index (χ0) is 20.3. The Morgan fingerprint density at radius 3 is 2.64 bits per heavy atom. The van der Waals surface area contributed by atoms with Gasteiger partial charge >= 0.3 is 0 Å². The van der Waals surface area contributed by atoms with E-state index in [9.17, 15) is 9.90 Å². The number of phenols is 1. The lowest BCUT2D eigenvalue weighted by Crippen LogP contribution is -2.34. The third-order valence-electron chi connectivity index (χ3n) is 4.19. The van der Waals surface area contributed by atoms with E-state index in [-0.39, 0.29) is 5.75 Å². The van der Waals surface area contributed by atoms with Crippen molar-refractivity contribution in [3.8, 4) is 11.5 Å². The lowest BCUT2D eigenvalue weighted by atomic mass is 10.0. The van der Waals surface area contributed by atoms with Crippen molar-refractivity contribution in [1.29, 1.82) is 0 Å². The van der Waals surface area contributed by atoms with Gasteiger partial charge in [-0.3, -0.25) is 4.79 Å². The van der Waals surface area contributed by atoms with E-state index in [1.165, 1.54) is 6.07 Å². The fourth-order valence-corrected chi connectivity index (χ4v) is 3.10. The lowest BCUT2D eigenvalue weighted by Gasteiger charge is -2.14. The SMILES string of the molecule is C/C(=N\NC(=O)[C@H](C)Oc1ccc(Cl)cc1Cl)c1ccc2ccccc2c1O. The van der Waals surface area contributed by atoms with Gasteiger partial charge in [-0.2, -0.15) is 5.10 Å². The maximum Gasteiger partial charge on any atom is 0.280 e. The fraction of sp³-hybridized carbons (Fsp3) is 0.143. The summed E-state index contributed by atoms with van der Waals surface area (Å²) in [5.41, 5.74) is 3.45. The first-order valence-corrected chi connectivity index (χ1v) is 9.29. The Morgan fingerprint density at radius 1 is 1.14 bits per heavy atom. The van der Waals surface area contributed by atoms with E-state index < -0.39 is 12.0 Å². The predicted octanol–water partition coefficient (Wildman–Crippen LogP) is 5.16. The second-order valence-corrected chi connectivity index (χ2v) is 7.03. The van der Waals surface area contributed by atoms with Crippen molar-refractivity contribution in [3.63, 3.8) is 0 Å². The zero-order valence-electron chi connectivity index (χ0n) is 15.2. The molecule has 5 nitrogen and oxygen atoms in total. The number of carbonyl (C=O) groups excluding carboxylic acids is 1. The molecule has 3 aromatic carbocycles. The molecule has 7 heteroatoms. The standard InChI is InChI=1S/C21H18Cl2N2O3/c1-12(16-9-7-14-5-3-4-6-17(14)20(16)26)24-25-21(27)13(2)28-19-10-8-15(22)11-18(19)23/h3-11,13,26H,1-2H3,(H,25,27)/b24-12+/t13-/m0/s1. The number of ether oxygens (including phenoxy) is 1. The highest BCUT2D eigenvalue weighted by atomic mass is 35.5. The van der Waals surface area contributed by atoms with Crippen molar-refractivity contribution in [2.24, 2.45) is 5.10 Å². The van der Waals surface area contributed by atoms with Crippen molar-refractivity contribution in [1.82, 2.24) is 5.43 Å². The Balaban J connectivity index is 1.72. The van der Waals surface area contributed by atoms with E-state index >= 15 is 0 Å². The van der Waals surface area contributed by atoms with Gasteiger partial charge in [0.1, 0.15) is 11.5 Å². The highest BCUT2D eigenvalue weighted by Crippen LogP contribution is 2.29. The van der Waals surface area contributed by atoms with Crippen molar-refractivity contribution in [2.75, 3.05) is 0 Å². The van der Waals surface area contributed by atoms with Crippen LogP contribution in [0.1, 0.15) is 19.4 Å². The lowest BCUT2D eigenvalue weighted by molar-refractivity contribution is -0.127. The van der Waals surface area contributed by atoms with Gasteiger partial charge in [0, 0.05) is 16.0 Å². The molecular weight excluding hydrogens is 399 g/mol. The quantitative estimate of drug-likeness (QED) is 0.445. The van der Waals surface area contributed by atoms with Crippen LogP contribution in [-0.2, 0) is 4.79 Å². The average Bonchev–Trinajstić information content (AvgIpc) is 2.68. The molecule has 0 radical (unpaired) electrons. The smallest absolute Gasteiger partial charge is 0.280 e. The number of halogens is 2. The number of nitrogens with zero attached hydrogens (tertiary/aromatic N) is 1. The molecular formula is C21H18Cl2N2O3. The van der Waals surface area contributed by atoms with E-state index in [0.29, 0.717) is 27.1 Å². The van der Waals surface area contributed by atoms with E-state index in [4.69, 9.17) is 27.9 Å².